The molecule has 0 amide bonds. The van der Waals surface area contributed by atoms with Crippen molar-refractivity contribution in [3.05, 3.63) is 22.8 Å². The second-order valence-electron chi connectivity index (χ2n) is 4.59. The summed E-state index contributed by atoms with van der Waals surface area (Å²) >= 11 is 0. The highest BCUT2D eigenvalue weighted by molar-refractivity contribution is 6.00. The molecule has 3 rings (SSSR count). The van der Waals surface area contributed by atoms with E-state index in [9.17, 15) is 4.79 Å². The van der Waals surface area contributed by atoms with Crippen molar-refractivity contribution in [3.63, 3.8) is 0 Å². The molecule has 2 N–H and O–H groups in total. The molecule has 2 aliphatic rings. The number of aryl methyl sites for hydroxylation is 1. The van der Waals surface area contributed by atoms with E-state index >= 15 is 0 Å². The zero-order valence-electron chi connectivity index (χ0n) is 9.20. The maximum atomic E-state index is 11.7. The number of carbonyl (C=O) groups is 1. The Hall–Kier alpha value is -1.29. The van der Waals surface area contributed by atoms with Gasteiger partial charge in [0.1, 0.15) is 5.82 Å². The van der Waals surface area contributed by atoms with Crippen LogP contribution in [0.2, 0.25) is 0 Å². The van der Waals surface area contributed by atoms with Crippen LogP contribution in [0, 0.1) is 0 Å². The predicted octanol–water partition coefficient (Wildman–Crippen LogP) is 0.984. The highest BCUT2D eigenvalue weighted by atomic mass is 16.1. The fourth-order valence-electron chi connectivity index (χ4n) is 2.28. The minimum absolute atomic E-state index is 0.195. The van der Waals surface area contributed by atoms with Crippen molar-refractivity contribution < 1.29 is 4.79 Å². The van der Waals surface area contributed by atoms with Crippen molar-refractivity contribution >= 4 is 5.78 Å². The lowest BCUT2D eigenvalue weighted by molar-refractivity contribution is 0.0993. The molecule has 0 aliphatic heterocycles. The zero-order valence-corrected chi connectivity index (χ0v) is 9.20. The second kappa shape index (κ2) is 3.63. The first kappa shape index (κ1) is 9.90. The summed E-state index contributed by atoms with van der Waals surface area (Å²) in [4.78, 5) is 20.8. The molecular formula is C12H15N3O. The van der Waals surface area contributed by atoms with Gasteiger partial charge in [-0.15, -0.1) is 0 Å². The number of nitrogens with two attached hydrogens (primary N) is 1. The van der Waals surface area contributed by atoms with Gasteiger partial charge in [0.25, 0.3) is 0 Å². The number of hydrogen-bond donors (Lipinski definition) is 1. The lowest BCUT2D eigenvalue weighted by atomic mass is 10.1. The van der Waals surface area contributed by atoms with E-state index in [1.807, 2.05) is 0 Å². The molecule has 84 valence electrons. The SMILES string of the molecule is NCCc1nc(C2CC2)nc2c1C(=O)CC2. The summed E-state index contributed by atoms with van der Waals surface area (Å²) in [5.41, 5.74) is 8.19. The van der Waals surface area contributed by atoms with Gasteiger partial charge in [0.15, 0.2) is 5.78 Å². The van der Waals surface area contributed by atoms with Crippen LogP contribution in [0.15, 0.2) is 0 Å². The molecule has 0 radical (unpaired) electrons. The Morgan fingerprint density at radius 3 is 2.75 bits per heavy atom. The van der Waals surface area contributed by atoms with Crippen molar-refractivity contribution in [1.29, 1.82) is 0 Å². The molecule has 1 aromatic rings. The molecule has 0 atom stereocenters. The van der Waals surface area contributed by atoms with E-state index in [0.717, 1.165) is 29.2 Å². The average Bonchev–Trinajstić information content (AvgIpc) is 3.05. The topological polar surface area (TPSA) is 68.9 Å². The molecular weight excluding hydrogens is 202 g/mol. The summed E-state index contributed by atoms with van der Waals surface area (Å²) in [6.07, 6.45) is 4.45. The highest BCUT2D eigenvalue weighted by Gasteiger charge is 2.31. The normalized spacial score (nSPS) is 18.9. The van der Waals surface area contributed by atoms with E-state index in [1.165, 1.54) is 12.8 Å². The number of rotatable bonds is 3. The molecule has 0 aromatic carbocycles. The summed E-state index contributed by atoms with van der Waals surface area (Å²) in [7, 11) is 0. The predicted molar refractivity (Wildman–Crippen MR) is 59.4 cm³/mol. The first-order valence-electron chi connectivity index (χ1n) is 5.92. The molecule has 16 heavy (non-hydrogen) atoms. The van der Waals surface area contributed by atoms with Crippen LogP contribution < -0.4 is 5.73 Å². The summed E-state index contributed by atoms with van der Waals surface area (Å²) in [6, 6.07) is 0. The lowest BCUT2D eigenvalue weighted by Crippen LogP contribution is -2.12. The molecule has 4 nitrogen and oxygen atoms in total. The largest absolute Gasteiger partial charge is 0.330 e. The van der Waals surface area contributed by atoms with Crippen LogP contribution in [-0.2, 0) is 12.8 Å². The van der Waals surface area contributed by atoms with Crippen molar-refractivity contribution in [3.8, 4) is 0 Å². The van der Waals surface area contributed by atoms with E-state index in [4.69, 9.17) is 5.73 Å². The number of Topliss-reactive ketones (excluding diaryl/α,β-unsaturated/α-hetero) is 1. The van der Waals surface area contributed by atoms with E-state index in [2.05, 4.69) is 9.97 Å². The van der Waals surface area contributed by atoms with Gasteiger partial charge in [0.2, 0.25) is 0 Å². The number of carbonyl (C=O) groups excluding carboxylic acids is 1. The molecule has 1 fully saturated rings. The monoisotopic (exact) mass is 217 g/mol. The Morgan fingerprint density at radius 2 is 2.06 bits per heavy atom. The Bertz CT molecular complexity index is 452. The molecule has 1 saturated carbocycles. The summed E-state index contributed by atoms with van der Waals surface area (Å²) in [5, 5.41) is 0. The Labute approximate surface area is 94.3 Å². The van der Waals surface area contributed by atoms with Crippen LogP contribution in [0.25, 0.3) is 0 Å². The lowest BCUT2D eigenvalue weighted by Gasteiger charge is -2.07. The number of aromatic nitrogens is 2. The van der Waals surface area contributed by atoms with Crippen LogP contribution in [-0.4, -0.2) is 22.3 Å². The summed E-state index contributed by atoms with van der Waals surface area (Å²) in [6.45, 7) is 0.542. The zero-order chi connectivity index (χ0) is 11.1. The summed E-state index contributed by atoms with van der Waals surface area (Å²) < 4.78 is 0. The minimum atomic E-state index is 0.195. The van der Waals surface area contributed by atoms with Crippen molar-refractivity contribution in [1.82, 2.24) is 9.97 Å². The number of hydrogen-bond acceptors (Lipinski definition) is 4. The van der Waals surface area contributed by atoms with Gasteiger partial charge in [-0.3, -0.25) is 4.79 Å². The van der Waals surface area contributed by atoms with E-state index in [0.29, 0.717) is 25.3 Å². The van der Waals surface area contributed by atoms with E-state index in [1.54, 1.807) is 0 Å². The molecule has 1 heterocycles. The third kappa shape index (κ3) is 1.53. The van der Waals surface area contributed by atoms with E-state index in [-0.39, 0.29) is 5.78 Å². The fourth-order valence-corrected chi connectivity index (χ4v) is 2.28. The molecule has 1 aromatic heterocycles. The van der Waals surface area contributed by atoms with Gasteiger partial charge in [-0.1, -0.05) is 0 Å². The quantitative estimate of drug-likeness (QED) is 0.819. The fraction of sp³-hybridized carbons (Fsp3) is 0.583. The Morgan fingerprint density at radius 1 is 1.25 bits per heavy atom. The van der Waals surface area contributed by atoms with Gasteiger partial charge in [0.05, 0.1) is 17.0 Å². The first-order valence-corrected chi connectivity index (χ1v) is 5.92. The first-order chi connectivity index (χ1) is 7.79. The van der Waals surface area contributed by atoms with Gasteiger partial charge in [-0.25, -0.2) is 9.97 Å². The van der Waals surface area contributed by atoms with Gasteiger partial charge in [-0.05, 0) is 25.8 Å². The Balaban J connectivity index is 2.08. The third-order valence-corrected chi connectivity index (χ3v) is 3.27. The van der Waals surface area contributed by atoms with Crippen molar-refractivity contribution in [2.24, 2.45) is 5.73 Å². The van der Waals surface area contributed by atoms with Gasteiger partial charge in [-0.2, -0.15) is 0 Å². The van der Waals surface area contributed by atoms with Crippen molar-refractivity contribution in [2.75, 3.05) is 6.54 Å². The van der Waals surface area contributed by atoms with Gasteiger partial charge >= 0.3 is 0 Å². The van der Waals surface area contributed by atoms with Crippen LogP contribution in [0.1, 0.15) is 52.8 Å². The number of nitrogens with zero attached hydrogens (tertiary/aromatic N) is 2. The third-order valence-electron chi connectivity index (χ3n) is 3.27. The smallest absolute Gasteiger partial charge is 0.166 e. The maximum Gasteiger partial charge on any atom is 0.166 e. The molecule has 0 unspecified atom stereocenters. The molecule has 0 spiro atoms. The number of ketones is 1. The second-order valence-corrected chi connectivity index (χ2v) is 4.59. The molecule has 2 aliphatic carbocycles. The van der Waals surface area contributed by atoms with Crippen molar-refractivity contribution in [2.45, 2.75) is 38.0 Å². The highest BCUT2D eigenvalue weighted by Crippen LogP contribution is 2.39. The van der Waals surface area contributed by atoms with Crippen LogP contribution >= 0.6 is 0 Å². The minimum Gasteiger partial charge on any atom is -0.330 e. The van der Waals surface area contributed by atoms with Crippen LogP contribution in [0.3, 0.4) is 0 Å². The number of fused-ring (bicyclic) bond motifs is 1. The van der Waals surface area contributed by atoms with Gasteiger partial charge < -0.3 is 5.73 Å². The van der Waals surface area contributed by atoms with Gasteiger partial charge in [0, 0.05) is 18.8 Å². The summed E-state index contributed by atoms with van der Waals surface area (Å²) in [5.74, 6) is 1.68. The Kier molecular flexibility index (Phi) is 2.24. The molecule has 4 heteroatoms. The van der Waals surface area contributed by atoms with Crippen LogP contribution in [0.4, 0.5) is 0 Å². The standard InChI is InChI=1S/C12H15N3O/c13-6-5-9-11-8(3-4-10(11)16)14-12(15-9)7-1-2-7/h7H,1-6,13H2. The molecule has 0 saturated heterocycles. The average molecular weight is 217 g/mol. The van der Waals surface area contributed by atoms with Crippen LogP contribution in [0.5, 0.6) is 0 Å². The molecule has 0 bridgehead atoms. The van der Waals surface area contributed by atoms with E-state index < -0.39 is 0 Å². The maximum absolute atomic E-state index is 11.7.